The van der Waals surface area contributed by atoms with Gasteiger partial charge in [-0.15, -0.1) is 0 Å². The molecular weight excluding hydrogens is 925 g/mol. The summed E-state index contributed by atoms with van der Waals surface area (Å²) in [6.07, 6.45) is 91.0. The zero-order valence-corrected chi connectivity index (χ0v) is 47.7. The van der Waals surface area contributed by atoms with Gasteiger partial charge in [-0.05, 0) is 135 Å². The summed E-state index contributed by atoms with van der Waals surface area (Å²) in [5.74, 6) is -0.992. The summed E-state index contributed by atoms with van der Waals surface area (Å²) in [6, 6.07) is 0. The van der Waals surface area contributed by atoms with Gasteiger partial charge in [-0.3, -0.25) is 14.4 Å². The second-order valence-corrected chi connectivity index (χ2v) is 18.8. The number of unbranched alkanes of at least 4 members (excludes halogenated alkanes) is 12. The van der Waals surface area contributed by atoms with Gasteiger partial charge < -0.3 is 14.2 Å². The molecule has 75 heavy (non-hydrogen) atoms. The Kier molecular flexibility index (Phi) is 57.0. The number of carbonyl (C=O) groups excluding carboxylic acids is 3. The van der Waals surface area contributed by atoms with Crippen molar-refractivity contribution in [1.82, 2.24) is 0 Å². The zero-order chi connectivity index (χ0) is 54.3. The summed E-state index contributed by atoms with van der Waals surface area (Å²) in [4.78, 5) is 37.8. The van der Waals surface area contributed by atoms with Gasteiger partial charge in [-0.25, -0.2) is 0 Å². The van der Waals surface area contributed by atoms with Crippen LogP contribution in [0, 0.1) is 0 Å². The van der Waals surface area contributed by atoms with Crippen molar-refractivity contribution in [2.75, 3.05) is 13.2 Å². The Labute approximate surface area is 460 Å². The standard InChI is InChI=1S/C69H106O6/c1-4-7-10-13-15-17-19-21-23-25-27-29-31-33-34-36-37-39-41-43-45-47-49-51-53-56-59-62-68(71)74-65-66(64-73-67(70)61-58-55-12-9-6-3)75-69(72)63-60-57-54-52-50-48-46-44-42-40-38-35-32-30-28-26-24-22-20-18-16-14-11-8-5-2/h7-8,10-11,15-18,21-24,27-30,33-35,37-39,42-45,49,51,66H,4-6,9,12-14,19-20,25-26,31-32,36,40-41,46-48,50,52-65H2,1-3H3/b10-7-,11-8-,17-15-,18-16-,23-21-,24-22-,29-27-,30-28-,34-33-,38-35-,39-37-,44-42-,45-43-,51-49-. The van der Waals surface area contributed by atoms with E-state index in [1.165, 1.54) is 12.8 Å². The molecule has 0 spiro atoms. The number of hydrogen-bond donors (Lipinski definition) is 0. The molecule has 0 amide bonds. The molecule has 0 heterocycles. The van der Waals surface area contributed by atoms with Crippen molar-refractivity contribution in [3.05, 3.63) is 170 Å². The van der Waals surface area contributed by atoms with Crippen molar-refractivity contribution < 1.29 is 28.6 Å². The number of rotatable bonds is 51. The Bertz CT molecular complexity index is 1750. The molecule has 0 aromatic heterocycles. The summed E-state index contributed by atoms with van der Waals surface area (Å²) >= 11 is 0. The van der Waals surface area contributed by atoms with E-state index in [0.29, 0.717) is 25.7 Å². The monoisotopic (exact) mass is 1030 g/mol. The van der Waals surface area contributed by atoms with Gasteiger partial charge in [0.15, 0.2) is 6.10 Å². The lowest BCUT2D eigenvalue weighted by Crippen LogP contribution is -2.30. The molecule has 6 heteroatoms. The van der Waals surface area contributed by atoms with E-state index in [1.54, 1.807) is 0 Å². The van der Waals surface area contributed by atoms with Gasteiger partial charge in [0.05, 0.1) is 0 Å². The summed E-state index contributed by atoms with van der Waals surface area (Å²) in [7, 11) is 0. The molecule has 0 bridgehead atoms. The molecule has 0 fully saturated rings. The first-order valence-electron chi connectivity index (χ1n) is 29.6. The second-order valence-electron chi connectivity index (χ2n) is 18.8. The van der Waals surface area contributed by atoms with Gasteiger partial charge >= 0.3 is 17.9 Å². The second kappa shape index (κ2) is 61.3. The lowest BCUT2D eigenvalue weighted by Gasteiger charge is -2.18. The first kappa shape index (κ1) is 69.8. The Balaban J connectivity index is 4.27. The van der Waals surface area contributed by atoms with Crippen LogP contribution in [0.4, 0.5) is 0 Å². The van der Waals surface area contributed by atoms with Crippen LogP contribution in [-0.2, 0) is 28.6 Å². The fraction of sp³-hybridized carbons (Fsp3) is 0.551. The van der Waals surface area contributed by atoms with E-state index in [4.69, 9.17) is 14.2 Å². The molecule has 0 rings (SSSR count). The minimum absolute atomic E-state index is 0.107. The number of ether oxygens (including phenoxy) is 3. The van der Waals surface area contributed by atoms with Crippen molar-refractivity contribution in [2.24, 2.45) is 0 Å². The topological polar surface area (TPSA) is 78.9 Å². The third-order valence-corrected chi connectivity index (χ3v) is 11.7. The van der Waals surface area contributed by atoms with Gasteiger partial charge in [0, 0.05) is 19.3 Å². The molecule has 1 unspecified atom stereocenters. The minimum atomic E-state index is -0.810. The van der Waals surface area contributed by atoms with Crippen LogP contribution in [0.2, 0.25) is 0 Å². The van der Waals surface area contributed by atoms with Crippen LogP contribution < -0.4 is 0 Å². The molecule has 0 aliphatic heterocycles. The molecule has 0 aromatic carbocycles. The van der Waals surface area contributed by atoms with Crippen molar-refractivity contribution in [3.63, 3.8) is 0 Å². The van der Waals surface area contributed by atoms with Crippen LogP contribution in [-0.4, -0.2) is 37.2 Å². The molecule has 418 valence electrons. The van der Waals surface area contributed by atoms with Gasteiger partial charge in [0.25, 0.3) is 0 Å². The third kappa shape index (κ3) is 59.5. The molecule has 0 saturated heterocycles. The fourth-order valence-electron chi connectivity index (χ4n) is 7.34. The smallest absolute Gasteiger partial charge is 0.306 e. The first-order chi connectivity index (χ1) is 37.0. The molecular formula is C69H106O6. The molecule has 0 aliphatic carbocycles. The van der Waals surface area contributed by atoms with Crippen LogP contribution in [0.1, 0.15) is 226 Å². The van der Waals surface area contributed by atoms with E-state index in [0.717, 1.165) is 167 Å². The Morgan fingerprint density at radius 3 is 0.840 bits per heavy atom. The van der Waals surface area contributed by atoms with Crippen molar-refractivity contribution >= 4 is 17.9 Å². The van der Waals surface area contributed by atoms with Gasteiger partial charge in [-0.1, -0.05) is 242 Å². The number of carbonyl (C=O) groups is 3. The summed E-state index contributed by atoms with van der Waals surface area (Å²) in [5.41, 5.74) is 0. The zero-order valence-electron chi connectivity index (χ0n) is 47.7. The average Bonchev–Trinajstić information content (AvgIpc) is 3.41. The van der Waals surface area contributed by atoms with E-state index in [-0.39, 0.29) is 31.1 Å². The van der Waals surface area contributed by atoms with E-state index in [1.807, 2.05) is 0 Å². The van der Waals surface area contributed by atoms with E-state index in [2.05, 4.69) is 191 Å². The van der Waals surface area contributed by atoms with Crippen LogP contribution in [0.15, 0.2) is 170 Å². The van der Waals surface area contributed by atoms with Crippen LogP contribution in [0.3, 0.4) is 0 Å². The van der Waals surface area contributed by atoms with Gasteiger partial charge in [-0.2, -0.15) is 0 Å². The fourth-order valence-corrected chi connectivity index (χ4v) is 7.34. The van der Waals surface area contributed by atoms with Crippen molar-refractivity contribution in [2.45, 2.75) is 232 Å². The molecule has 0 aromatic rings. The summed E-state index contributed by atoms with van der Waals surface area (Å²) in [5, 5.41) is 0. The molecule has 1 atom stereocenters. The molecule has 6 nitrogen and oxygen atoms in total. The Morgan fingerprint density at radius 2 is 0.520 bits per heavy atom. The van der Waals surface area contributed by atoms with Gasteiger partial charge in [0.2, 0.25) is 0 Å². The number of hydrogen-bond acceptors (Lipinski definition) is 6. The predicted molar refractivity (Wildman–Crippen MR) is 325 cm³/mol. The quantitative estimate of drug-likeness (QED) is 0.0261. The third-order valence-electron chi connectivity index (χ3n) is 11.7. The maximum absolute atomic E-state index is 12.8. The normalized spacial score (nSPS) is 13.4. The SMILES string of the molecule is CC/C=C\C/C=C\C/C=C\C/C=C\C/C=C\C/C=C\C/C=C\C/C=C\CCCCC(=O)OCC(COC(=O)CCCCCCC)OC(=O)CCCCCCCC/C=C\C/C=C\C/C=C\C/C=C\C/C=C\C/C=C\CC. The predicted octanol–water partition coefficient (Wildman–Crippen LogP) is 20.3. The number of esters is 3. The lowest BCUT2D eigenvalue weighted by molar-refractivity contribution is -0.167. The van der Waals surface area contributed by atoms with Crippen molar-refractivity contribution in [3.8, 4) is 0 Å². The Morgan fingerprint density at radius 1 is 0.280 bits per heavy atom. The number of allylic oxidation sites excluding steroid dienone is 28. The molecule has 0 aliphatic rings. The largest absolute Gasteiger partial charge is 0.462 e. The maximum Gasteiger partial charge on any atom is 0.306 e. The maximum atomic E-state index is 12.8. The van der Waals surface area contributed by atoms with Crippen LogP contribution in [0.5, 0.6) is 0 Å². The highest BCUT2D eigenvalue weighted by Crippen LogP contribution is 2.12. The van der Waals surface area contributed by atoms with E-state index < -0.39 is 6.10 Å². The molecule has 0 radical (unpaired) electrons. The van der Waals surface area contributed by atoms with Crippen LogP contribution in [0.25, 0.3) is 0 Å². The van der Waals surface area contributed by atoms with E-state index >= 15 is 0 Å². The first-order valence-corrected chi connectivity index (χ1v) is 29.6. The van der Waals surface area contributed by atoms with Crippen LogP contribution >= 0.6 is 0 Å². The van der Waals surface area contributed by atoms with Crippen molar-refractivity contribution in [1.29, 1.82) is 0 Å². The summed E-state index contributed by atoms with van der Waals surface area (Å²) < 4.78 is 16.7. The minimum Gasteiger partial charge on any atom is -0.462 e. The Hall–Kier alpha value is -5.23. The highest BCUT2D eigenvalue weighted by molar-refractivity contribution is 5.71. The highest BCUT2D eigenvalue weighted by atomic mass is 16.6. The summed E-state index contributed by atoms with van der Waals surface area (Å²) in [6.45, 7) is 6.25. The molecule has 0 saturated carbocycles. The average molecular weight is 1030 g/mol. The van der Waals surface area contributed by atoms with E-state index in [9.17, 15) is 14.4 Å². The molecule has 0 N–H and O–H groups in total. The van der Waals surface area contributed by atoms with Gasteiger partial charge in [0.1, 0.15) is 13.2 Å². The lowest BCUT2D eigenvalue weighted by atomic mass is 10.1. The highest BCUT2D eigenvalue weighted by Gasteiger charge is 2.19.